The van der Waals surface area contributed by atoms with Gasteiger partial charge in [-0.2, -0.15) is 0 Å². The van der Waals surface area contributed by atoms with Crippen LogP contribution in [-0.4, -0.2) is 32.7 Å². The van der Waals surface area contributed by atoms with Crippen molar-refractivity contribution in [1.82, 2.24) is 5.32 Å². The third-order valence-corrected chi connectivity index (χ3v) is 2.68. The average Bonchev–Trinajstić information content (AvgIpc) is 2.36. The van der Waals surface area contributed by atoms with Crippen LogP contribution in [0, 0.1) is 13.8 Å². The highest BCUT2D eigenvalue weighted by atomic mass is 16.5. The van der Waals surface area contributed by atoms with E-state index >= 15 is 0 Å². The van der Waals surface area contributed by atoms with Gasteiger partial charge in [0.1, 0.15) is 0 Å². The van der Waals surface area contributed by atoms with Gasteiger partial charge in [0.25, 0.3) is 0 Å². The van der Waals surface area contributed by atoms with Crippen molar-refractivity contribution in [3.8, 4) is 0 Å². The fourth-order valence-corrected chi connectivity index (χ4v) is 1.61. The van der Waals surface area contributed by atoms with Gasteiger partial charge in [-0.05, 0) is 37.5 Å². The maximum atomic E-state index is 11.6. The molecule has 0 bridgehead atoms. The number of ether oxygens (including phenoxy) is 1. The van der Waals surface area contributed by atoms with Crippen LogP contribution in [0.5, 0.6) is 0 Å². The molecule has 1 aromatic rings. The van der Waals surface area contributed by atoms with Crippen molar-refractivity contribution in [3.63, 3.8) is 0 Å². The second kappa shape index (κ2) is 7.71. The molecule has 1 aromatic carbocycles. The van der Waals surface area contributed by atoms with Crippen LogP contribution in [-0.2, 0) is 9.53 Å². The maximum Gasteiger partial charge on any atom is 0.239 e. The predicted octanol–water partition coefficient (Wildman–Crippen LogP) is 1.87. The van der Waals surface area contributed by atoms with Crippen LogP contribution < -0.4 is 10.6 Å². The van der Waals surface area contributed by atoms with Crippen molar-refractivity contribution in [2.45, 2.75) is 20.3 Å². The number of rotatable bonds is 7. The standard InChI is InChI=1S/C14H22N2O2/c1-11-5-6-12(2)13(9-11)16-10-14(17)15-7-4-8-18-3/h5-6,9,16H,4,7-8,10H2,1-3H3,(H,15,17). The van der Waals surface area contributed by atoms with Gasteiger partial charge in [-0.1, -0.05) is 12.1 Å². The summed E-state index contributed by atoms with van der Waals surface area (Å²) in [4.78, 5) is 11.6. The number of hydrogen-bond acceptors (Lipinski definition) is 3. The number of nitrogens with one attached hydrogen (secondary N) is 2. The molecule has 0 aromatic heterocycles. The summed E-state index contributed by atoms with van der Waals surface area (Å²) in [6.07, 6.45) is 0.839. The molecule has 4 nitrogen and oxygen atoms in total. The molecule has 0 radical (unpaired) electrons. The fraction of sp³-hybridized carbons (Fsp3) is 0.500. The van der Waals surface area contributed by atoms with Crippen molar-refractivity contribution in [3.05, 3.63) is 29.3 Å². The van der Waals surface area contributed by atoms with E-state index in [1.165, 1.54) is 5.56 Å². The minimum Gasteiger partial charge on any atom is -0.385 e. The summed E-state index contributed by atoms with van der Waals surface area (Å²) < 4.78 is 4.91. The summed E-state index contributed by atoms with van der Waals surface area (Å²) in [5.41, 5.74) is 3.35. The molecule has 0 fully saturated rings. The second-order valence-corrected chi connectivity index (χ2v) is 4.37. The number of aryl methyl sites for hydroxylation is 2. The monoisotopic (exact) mass is 250 g/mol. The fourth-order valence-electron chi connectivity index (χ4n) is 1.61. The minimum absolute atomic E-state index is 0.00649. The Labute approximate surface area is 109 Å². The molecule has 18 heavy (non-hydrogen) atoms. The highest BCUT2D eigenvalue weighted by molar-refractivity contribution is 5.80. The second-order valence-electron chi connectivity index (χ2n) is 4.37. The molecule has 1 amide bonds. The molecule has 0 aliphatic rings. The van der Waals surface area contributed by atoms with E-state index in [4.69, 9.17) is 4.74 Å². The summed E-state index contributed by atoms with van der Waals surface area (Å²) in [6.45, 7) is 5.69. The van der Waals surface area contributed by atoms with E-state index in [1.807, 2.05) is 26.0 Å². The molecule has 0 atom stereocenters. The van der Waals surface area contributed by atoms with Gasteiger partial charge in [-0.3, -0.25) is 4.79 Å². The zero-order chi connectivity index (χ0) is 13.4. The molecule has 2 N–H and O–H groups in total. The molecular formula is C14H22N2O2. The van der Waals surface area contributed by atoms with E-state index in [0.717, 1.165) is 17.7 Å². The molecule has 4 heteroatoms. The zero-order valence-corrected chi connectivity index (χ0v) is 11.4. The number of amides is 1. The summed E-state index contributed by atoms with van der Waals surface area (Å²) in [5.74, 6) is 0.00649. The number of hydrogen-bond donors (Lipinski definition) is 2. The number of anilines is 1. The largest absolute Gasteiger partial charge is 0.385 e. The Morgan fingerprint density at radius 1 is 1.33 bits per heavy atom. The first-order valence-electron chi connectivity index (χ1n) is 6.20. The summed E-state index contributed by atoms with van der Waals surface area (Å²) >= 11 is 0. The van der Waals surface area contributed by atoms with Crippen LogP contribution >= 0.6 is 0 Å². The number of benzene rings is 1. The van der Waals surface area contributed by atoms with Crippen LogP contribution in [0.3, 0.4) is 0 Å². The van der Waals surface area contributed by atoms with Gasteiger partial charge in [0.2, 0.25) is 5.91 Å². The molecule has 100 valence electrons. The lowest BCUT2D eigenvalue weighted by atomic mass is 10.1. The zero-order valence-electron chi connectivity index (χ0n) is 11.4. The van der Waals surface area contributed by atoms with E-state index in [2.05, 4.69) is 16.7 Å². The van der Waals surface area contributed by atoms with Gasteiger partial charge in [-0.25, -0.2) is 0 Å². The van der Waals surface area contributed by atoms with Crippen LogP contribution in [0.2, 0.25) is 0 Å². The highest BCUT2D eigenvalue weighted by Crippen LogP contribution is 2.15. The Hall–Kier alpha value is -1.55. The van der Waals surface area contributed by atoms with Gasteiger partial charge < -0.3 is 15.4 Å². The Bertz CT molecular complexity index is 391. The van der Waals surface area contributed by atoms with E-state index in [0.29, 0.717) is 19.7 Å². The Balaban J connectivity index is 2.31. The summed E-state index contributed by atoms with van der Waals surface area (Å²) in [6, 6.07) is 6.16. The van der Waals surface area contributed by atoms with E-state index in [9.17, 15) is 4.79 Å². The van der Waals surface area contributed by atoms with Gasteiger partial charge in [0.05, 0.1) is 6.54 Å². The summed E-state index contributed by atoms with van der Waals surface area (Å²) in [7, 11) is 1.66. The van der Waals surface area contributed by atoms with Crippen molar-refractivity contribution < 1.29 is 9.53 Å². The van der Waals surface area contributed by atoms with Gasteiger partial charge in [-0.15, -0.1) is 0 Å². The van der Waals surface area contributed by atoms with Crippen molar-refractivity contribution in [1.29, 1.82) is 0 Å². The lowest BCUT2D eigenvalue weighted by Crippen LogP contribution is -2.31. The Morgan fingerprint density at radius 2 is 2.11 bits per heavy atom. The highest BCUT2D eigenvalue weighted by Gasteiger charge is 2.02. The van der Waals surface area contributed by atoms with E-state index in [-0.39, 0.29) is 5.91 Å². The topological polar surface area (TPSA) is 50.4 Å². The lowest BCUT2D eigenvalue weighted by molar-refractivity contribution is -0.119. The number of carbonyl (C=O) groups is 1. The van der Waals surface area contributed by atoms with Crippen molar-refractivity contribution in [2.24, 2.45) is 0 Å². The van der Waals surface area contributed by atoms with Crippen LogP contribution in [0.15, 0.2) is 18.2 Å². The molecule has 0 aliphatic heterocycles. The average molecular weight is 250 g/mol. The quantitative estimate of drug-likeness (QED) is 0.726. The van der Waals surface area contributed by atoms with Crippen LogP contribution in [0.25, 0.3) is 0 Å². The normalized spacial score (nSPS) is 10.2. The molecule has 0 heterocycles. The first kappa shape index (κ1) is 14.5. The third kappa shape index (κ3) is 5.19. The molecule has 0 aliphatic carbocycles. The van der Waals surface area contributed by atoms with Gasteiger partial charge in [0.15, 0.2) is 0 Å². The smallest absolute Gasteiger partial charge is 0.239 e. The van der Waals surface area contributed by atoms with Crippen LogP contribution in [0.1, 0.15) is 17.5 Å². The maximum absolute atomic E-state index is 11.6. The van der Waals surface area contributed by atoms with E-state index < -0.39 is 0 Å². The van der Waals surface area contributed by atoms with Crippen LogP contribution in [0.4, 0.5) is 5.69 Å². The first-order chi connectivity index (χ1) is 8.63. The Kier molecular flexibility index (Phi) is 6.22. The van der Waals surface area contributed by atoms with Crippen molar-refractivity contribution in [2.75, 3.05) is 32.1 Å². The molecule has 0 saturated carbocycles. The Morgan fingerprint density at radius 3 is 2.83 bits per heavy atom. The molecular weight excluding hydrogens is 228 g/mol. The summed E-state index contributed by atoms with van der Waals surface area (Å²) in [5, 5.41) is 5.99. The third-order valence-electron chi connectivity index (χ3n) is 2.68. The number of methoxy groups -OCH3 is 1. The SMILES string of the molecule is COCCCNC(=O)CNc1cc(C)ccc1C. The molecule has 0 saturated heterocycles. The molecule has 1 rings (SSSR count). The minimum atomic E-state index is 0.00649. The lowest BCUT2D eigenvalue weighted by Gasteiger charge is -2.10. The van der Waals surface area contributed by atoms with Gasteiger partial charge in [0, 0.05) is 25.9 Å². The predicted molar refractivity (Wildman–Crippen MR) is 73.9 cm³/mol. The molecule has 0 spiro atoms. The van der Waals surface area contributed by atoms with E-state index in [1.54, 1.807) is 7.11 Å². The number of carbonyl (C=O) groups excluding carboxylic acids is 1. The first-order valence-corrected chi connectivity index (χ1v) is 6.20. The van der Waals surface area contributed by atoms with Gasteiger partial charge >= 0.3 is 0 Å². The van der Waals surface area contributed by atoms with Crippen molar-refractivity contribution >= 4 is 11.6 Å². The molecule has 0 unspecified atom stereocenters.